The molecule has 1 aliphatic heterocycles. The summed E-state index contributed by atoms with van der Waals surface area (Å²) in [6, 6.07) is 3.95. The lowest BCUT2D eigenvalue weighted by Gasteiger charge is -2.24. The van der Waals surface area contributed by atoms with Gasteiger partial charge in [0.25, 0.3) is 0 Å². The van der Waals surface area contributed by atoms with E-state index in [0.717, 1.165) is 25.8 Å². The van der Waals surface area contributed by atoms with Crippen LogP contribution in [-0.2, 0) is 11.3 Å². The van der Waals surface area contributed by atoms with E-state index in [9.17, 15) is 14.3 Å². The lowest BCUT2D eigenvalue weighted by atomic mass is 9.94. The van der Waals surface area contributed by atoms with Crippen molar-refractivity contribution in [1.29, 1.82) is 0 Å². The second-order valence-electron chi connectivity index (χ2n) is 5.80. The highest BCUT2D eigenvalue weighted by molar-refractivity contribution is 6.30. The summed E-state index contributed by atoms with van der Waals surface area (Å²) < 4.78 is 13.8. The number of fused-ring (bicyclic) bond motifs is 1. The van der Waals surface area contributed by atoms with E-state index in [1.54, 1.807) is 6.07 Å². The van der Waals surface area contributed by atoms with Gasteiger partial charge in [-0.15, -0.1) is 0 Å². The lowest BCUT2D eigenvalue weighted by Crippen LogP contribution is -2.39. The summed E-state index contributed by atoms with van der Waals surface area (Å²) >= 11 is 5.90. The Morgan fingerprint density at radius 2 is 2.25 bits per heavy atom. The van der Waals surface area contributed by atoms with Crippen molar-refractivity contribution in [3.63, 3.8) is 0 Å². The summed E-state index contributed by atoms with van der Waals surface area (Å²) in [5.41, 5.74) is 0.476. The van der Waals surface area contributed by atoms with Gasteiger partial charge < -0.3 is 5.11 Å². The third-order valence-electron chi connectivity index (χ3n) is 4.62. The molecule has 2 aliphatic rings. The number of hydrogen-bond donors (Lipinski definition) is 1. The Hall–Kier alpha value is -1.13. The topological polar surface area (TPSA) is 40.5 Å². The van der Waals surface area contributed by atoms with Gasteiger partial charge in [-0.1, -0.05) is 18.0 Å². The maximum absolute atomic E-state index is 13.8. The van der Waals surface area contributed by atoms with Crippen molar-refractivity contribution in [2.75, 3.05) is 6.54 Å². The van der Waals surface area contributed by atoms with Gasteiger partial charge in [-0.05, 0) is 42.9 Å². The number of rotatable bonds is 3. The second kappa shape index (κ2) is 5.34. The Kier molecular flexibility index (Phi) is 3.69. The highest BCUT2D eigenvalue weighted by Crippen LogP contribution is 2.42. The van der Waals surface area contributed by atoms with Crippen LogP contribution in [0, 0.1) is 17.7 Å². The molecule has 108 valence electrons. The second-order valence-corrected chi connectivity index (χ2v) is 6.24. The van der Waals surface area contributed by atoms with E-state index < -0.39 is 12.0 Å². The van der Waals surface area contributed by atoms with Crippen LogP contribution in [-0.4, -0.2) is 28.6 Å². The van der Waals surface area contributed by atoms with E-state index in [1.807, 2.05) is 4.90 Å². The van der Waals surface area contributed by atoms with E-state index in [-0.39, 0.29) is 11.7 Å². The van der Waals surface area contributed by atoms with Gasteiger partial charge in [0.2, 0.25) is 0 Å². The molecule has 0 spiro atoms. The van der Waals surface area contributed by atoms with Crippen LogP contribution in [0.3, 0.4) is 0 Å². The Balaban J connectivity index is 1.82. The fraction of sp³-hybridized carbons (Fsp3) is 0.533. The smallest absolute Gasteiger partial charge is 0.321 e. The zero-order chi connectivity index (χ0) is 14.3. The first kappa shape index (κ1) is 13.8. The number of aliphatic carboxylic acids is 1. The molecule has 1 aliphatic carbocycles. The van der Waals surface area contributed by atoms with Gasteiger partial charge in [0.15, 0.2) is 0 Å². The molecular weight excluding hydrogens is 281 g/mol. The van der Waals surface area contributed by atoms with Crippen LogP contribution in [0.2, 0.25) is 5.02 Å². The van der Waals surface area contributed by atoms with E-state index >= 15 is 0 Å². The summed E-state index contributed by atoms with van der Waals surface area (Å²) in [5, 5.41) is 9.95. The van der Waals surface area contributed by atoms with Gasteiger partial charge in [0.05, 0.1) is 0 Å². The molecule has 1 aromatic carbocycles. The first-order valence-corrected chi connectivity index (χ1v) is 7.35. The van der Waals surface area contributed by atoms with Crippen molar-refractivity contribution in [3.05, 3.63) is 34.6 Å². The number of carbonyl (C=O) groups is 1. The van der Waals surface area contributed by atoms with Crippen LogP contribution >= 0.6 is 11.6 Å². The van der Waals surface area contributed by atoms with Crippen molar-refractivity contribution >= 4 is 17.6 Å². The molecule has 2 fully saturated rings. The highest BCUT2D eigenvalue weighted by Gasteiger charge is 2.47. The lowest BCUT2D eigenvalue weighted by molar-refractivity contribution is -0.143. The van der Waals surface area contributed by atoms with E-state index in [1.165, 1.54) is 12.1 Å². The van der Waals surface area contributed by atoms with Crippen molar-refractivity contribution in [2.24, 2.45) is 11.8 Å². The summed E-state index contributed by atoms with van der Waals surface area (Å²) in [4.78, 5) is 13.4. The first-order chi connectivity index (χ1) is 9.56. The normalized spacial score (nSPS) is 29.6. The molecule has 3 atom stereocenters. The van der Waals surface area contributed by atoms with Crippen LogP contribution < -0.4 is 0 Å². The molecule has 0 radical (unpaired) electrons. The Morgan fingerprint density at radius 1 is 1.45 bits per heavy atom. The standard InChI is InChI=1S/C15H17ClFNO2/c16-11-4-5-13(17)10(6-11)8-18-7-9-2-1-3-12(9)14(18)15(19)20/h4-6,9,12,14H,1-3,7-8H2,(H,19,20). The number of carboxylic acid groups (broad SMARTS) is 1. The quantitative estimate of drug-likeness (QED) is 0.931. The van der Waals surface area contributed by atoms with Crippen LogP contribution in [0.15, 0.2) is 18.2 Å². The van der Waals surface area contributed by atoms with Crippen LogP contribution in [0.25, 0.3) is 0 Å². The fourth-order valence-corrected chi connectivity index (χ4v) is 3.97. The van der Waals surface area contributed by atoms with Crippen molar-refractivity contribution in [3.8, 4) is 0 Å². The average molecular weight is 298 g/mol. The predicted octanol–water partition coefficient (Wildman–Crippen LogP) is 3.16. The summed E-state index contributed by atoms with van der Waals surface area (Å²) in [6.45, 7) is 1.06. The molecule has 1 heterocycles. The fourth-order valence-electron chi connectivity index (χ4n) is 3.78. The molecule has 0 amide bonds. The molecule has 1 saturated carbocycles. The molecular formula is C15H17ClFNO2. The van der Waals surface area contributed by atoms with Crippen molar-refractivity contribution in [1.82, 2.24) is 4.90 Å². The minimum atomic E-state index is -0.790. The van der Waals surface area contributed by atoms with E-state index in [0.29, 0.717) is 23.0 Å². The molecule has 0 aromatic heterocycles. The highest BCUT2D eigenvalue weighted by atomic mass is 35.5. The zero-order valence-corrected chi connectivity index (χ0v) is 11.8. The Labute approximate surface area is 122 Å². The van der Waals surface area contributed by atoms with Crippen molar-refractivity contribution in [2.45, 2.75) is 31.8 Å². The molecule has 0 bridgehead atoms. The third kappa shape index (κ3) is 2.42. The maximum Gasteiger partial charge on any atom is 0.321 e. The maximum atomic E-state index is 13.8. The van der Waals surface area contributed by atoms with Crippen LogP contribution in [0.4, 0.5) is 4.39 Å². The molecule has 1 N–H and O–H groups in total. The monoisotopic (exact) mass is 297 g/mol. The molecule has 3 rings (SSSR count). The van der Waals surface area contributed by atoms with Gasteiger partial charge in [-0.25, -0.2) is 4.39 Å². The molecule has 20 heavy (non-hydrogen) atoms. The number of benzene rings is 1. The Bertz CT molecular complexity index is 537. The summed E-state index contributed by atoms with van der Waals surface area (Å²) in [5.74, 6) is -0.453. The number of halogens is 2. The van der Waals surface area contributed by atoms with Gasteiger partial charge in [-0.3, -0.25) is 9.69 Å². The molecule has 3 nitrogen and oxygen atoms in total. The van der Waals surface area contributed by atoms with Crippen LogP contribution in [0.1, 0.15) is 24.8 Å². The summed E-state index contributed by atoms with van der Waals surface area (Å²) in [7, 11) is 0. The van der Waals surface area contributed by atoms with Crippen LogP contribution in [0.5, 0.6) is 0 Å². The average Bonchev–Trinajstić information content (AvgIpc) is 2.93. The molecule has 5 heteroatoms. The van der Waals surface area contributed by atoms with Gasteiger partial charge in [0, 0.05) is 23.7 Å². The number of hydrogen-bond acceptors (Lipinski definition) is 2. The largest absolute Gasteiger partial charge is 0.480 e. The number of likely N-dealkylation sites (tertiary alicyclic amines) is 1. The molecule has 3 unspecified atom stereocenters. The first-order valence-electron chi connectivity index (χ1n) is 6.97. The van der Waals surface area contributed by atoms with Gasteiger partial charge >= 0.3 is 5.97 Å². The predicted molar refractivity (Wildman–Crippen MR) is 74.1 cm³/mol. The van der Waals surface area contributed by atoms with E-state index in [2.05, 4.69) is 0 Å². The van der Waals surface area contributed by atoms with Gasteiger partial charge in [-0.2, -0.15) is 0 Å². The minimum absolute atomic E-state index is 0.217. The van der Waals surface area contributed by atoms with Crippen molar-refractivity contribution < 1.29 is 14.3 Å². The molecule has 1 saturated heterocycles. The number of carboxylic acids is 1. The Morgan fingerprint density at radius 3 is 3.00 bits per heavy atom. The minimum Gasteiger partial charge on any atom is -0.480 e. The molecule has 1 aromatic rings. The summed E-state index contributed by atoms with van der Waals surface area (Å²) in [6.07, 6.45) is 3.16. The van der Waals surface area contributed by atoms with Gasteiger partial charge in [0.1, 0.15) is 11.9 Å². The zero-order valence-electron chi connectivity index (χ0n) is 11.1. The SMILES string of the molecule is O=C(O)C1C2CCCC2CN1Cc1cc(Cl)ccc1F. The third-order valence-corrected chi connectivity index (χ3v) is 4.86. The van der Waals surface area contributed by atoms with E-state index in [4.69, 9.17) is 11.6 Å². The number of nitrogens with zero attached hydrogens (tertiary/aromatic N) is 1.